The summed E-state index contributed by atoms with van der Waals surface area (Å²) in [7, 11) is 0. The SMILES string of the molecule is O=C1O[C@](c2ccccc2)([C@@H](O)CO)C(OCC(O)CO)=C1OO. The summed E-state index contributed by atoms with van der Waals surface area (Å²) in [6, 6.07) is 7.92. The number of cyclic esters (lactones) is 1. The summed E-state index contributed by atoms with van der Waals surface area (Å²) in [4.78, 5) is 16.0. The lowest BCUT2D eigenvalue weighted by molar-refractivity contribution is -0.211. The first kappa shape index (κ1) is 18.2. The van der Waals surface area contributed by atoms with Gasteiger partial charge in [0.1, 0.15) is 18.8 Å². The highest BCUT2D eigenvalue weighted by Gasteiger charge is 2.57. The maximum absolute atomic E-state index is 12.0. The van der Waals surface area contributed by atoms with Crippen molar-refractivity contribution in [2.45, 2.75) is 17.8 Å². The van der Waals surface area contributed by atoms with E-state index in [-0.39, 0.29) is 5.56 Å². The zero-order chi connectivity index (χ0) is 17.7. The summed E-state index contributed by atoms with van der Waals surface area (Å²) in [5.74, 6) is -2.27. The fraction of sp³-hybridized carbons (Fsp3) is 0.400. The van der Waals surface area contributed by atoms with Gasteiger partial charge < -0.3 is 34.8 Å². The fourth-order valence-electron chi connectivity index (χ4n) is 2.40. The number of aliphatic hydroxyl groups is 4. The van der Waals surface area contributed by atoms with Crippen LogP contribution in [-0.4, -0.2) is 63.7 Å². The first-order chi connectivity index (χ1) is 11.5. The maximum Gasteiger partial charge on any atom is 0.383 e. The Hall–Kier alpha value is -2.17. The lowest BCUT2D eigenvalue weighted by Gasteiger charge is -2.34. The second-order valence-corrected chi connectivity index (χ2v) is 5.09. The molecule has 2 rings (SSSR count). The summed E-state index contributed by atoms with van der Waals surface area (Å²) >= 11 is 0. The van der Waals surface area contributed by atoms with Crippen LogP contribution in [0, 0.1) is 0 Å². The van der Waals surface area contributed by atoms with Gasteiger partial charge in [0, 0.05) is 5.56 Å². The number of carbonyl (C=O) groups is 1. The average Bonchev–Trinajstić information content (AvgIpc) is 2.91. The summed E-state index contributed by atoms with van der Waals surface area (Å²) in [5.41, 5.74) is -1.72. The molecule has 1 unspecified atom stereocenters. The molecule has 0 saturated heterocycles. The van der Waals surface area contributed by atoms with Gasteiger partial charge in [-0.3, -0.25) is 0 Å². The molecule has 0 saturated carbocycles. The molecule has 0 aromatic heterocycles. The predicted molar refractivity (Wildman–Crippen MR) is 77.1 cm³/mol. The molecule has 0 spiro atoms. The van der Waals surface area contributed by atoms with Crippen molar-refractivity contribution in [1.82, 2.24) is 0 Å². The molecule has 24 heavy (non-hydrogen) atoms. The van der Waals surface area contributed by atoms with E-state index in [1.807, 2.05) is 0 Å². The van der Waals surface area contributed by atoms with E-state index < -0.39 is 55.1 Å². The van der Waals surface area contributed by atoms with Gasteiger partial charge in [-0.2, -0.15) is 0 Å². The first-order valence-corrected chi connectivity index (χ1v) is 7.06. The predicted octanol–water partition coefficient (Wildman–Crippen LogP) is -1.14. The molecular formula is C15H18O9. The van der Waals surface area contributed by atoms with Crippen LogP contribution in [0.5, 0.6) is 0 Å². The largest absolute Gasteiger partial charge is 0.486 e. The van der Waals surface area contributed by atoms with Crippen molar-refractivity contribution in [3.8, 4) is 0 Å². The molecule has 9 nitrogen and oxygen atoms in total. The van der Waals surface area contributed by atoms with Gasteiger partial charge in [-0.1, -0.05) is 30.3 Å². The van der Waals surface area contributed by atoms with E-state index >= 15 is 0 Å². The van der Waals surface area contributed by atoms with E-state index in [1.165, 1.54) is 12.1 Å². The molecule has 5 N–H and O–H groups in total. The van der Waals surface area contributed by atoms with Crippen LogP contribution < -0.4 is 0 Å². The van der Waals surface area contributed by atoms with Crippen LogP contribution in [-0.2, 0) is 24.8 Å². The van der Waals surface area contributed by atoms with Gasteiger partial charge in [0.05, 0.1) is 13.2 Å². The van der Waals surface area contributed by atoms with E-state index in [1.54, 1.807) is 18.2 Å². The van der Waals surface area contributed by atoms with Crippen molar-refractivity contribution in [3.05, 3.63) is 47.4 Å². The molecule has 0 fully saturated rings. The highest BCUT2D eigenvalue weighted by atomic mass is 17.1. The smallest absolute Gasteiger partial charge is 0.383 e. The van der Waals surface area contributed by atoms with Gasteiger partial charge in [0.25, 0.3) is 5.76 Å². The van der Waals surface area contributed by atoms with Gasteiger partial charge in [0.2, 0.25) is 11.4 Å². The van der Waals surface area contributed by atoms with E-state index in [0.717, 1.165) is 0 Å². The van der Waals surface area contributed by atoms with Crippen LogP contribution in [0.4, 0.5) is 0 Å². The van der Waals surface area contributed by atoms with Crippen molar-refractivity contribution in [2.75, 3.05) is 19.8 Å². The number of carbonyl (C=O) groups excluding carboxylic acids is 1. The highest BCUT2D eigenvalue weighted by Crippen LogP contribution is 2.45. The minimum atomic E-state index is -1.97. The zero-order valence-electron chi connectivity index (χ0n) is 12.5. The molecule has 1 aliphatic rings. The summed E-state index contributed by atoms with van der Waals surface area (Å²) in [6.07, 6.45) is -2.93. The van der Waals surface area contributed by atoms with Gasteiger partial charge in [-0.25, -0.2) is 10.1 Å². The van der Waals surface area contributed by atoms with Gasteiger partial charge >= 0.3 is 5.97 Å². The van der Waals surface area contributed by atoms with Crippen molar-refractivity contribution >= 4 is 5.97 Å². The summed E-state index contributed by atoms with van der Waals surface area (Å²) in [5, 5.41) is 47.0. The molecule has 9 heteroatoms. The molecule has 0 radical (unpaired) electrons. The number of hydrogen-bond acceptors (Lipinski definition) is 9. The van der Waals surface area contributed by atoms with Gasteiger partial charge in [0.15, 0.2) is 0 Å². The Balaban J connectivity index is 2.55. The number of esters is 1. The van der Waals surface area contributed by atoms with Crippen LogP contribution in [0.3, 0.4) is 0 Å². The summed E-state index contributed by atoms with van der Waals surface area (Å²) in [6.45, 7) is -1.88. The lowest BCUT2D eigenvalue weighted by Crippen LogP contribution is -2.45. The van der Waals surface area contributed by atoms with E-state index in [9.17, 15) is 20.1 Å². The third kappa shape index (κ3) is 3.07. The number of aliphatic hydroxyl groups excluding tert-OH is 4. The van der Waals surface area contributed by atoms with Crippen molar-refractivity contribution in [2.24, 2.45) is 0 Å². The Kier molecular flexibility index (Phi) is 5.75. The Morgan fingerprint density at radius 1 is 1.12 bits per heavy atom. The molecule has 132 valence electrons. The van der Waals surface area contributed by atoms with Crippen molar-refractivity contribution < 1.29 is 44.8 Å². The van der Waals surface area contributed by atoms with E-state index in [4.69, 9.17) is 19.8 Å². The molecule has 0 bridgehead atoms. The zero-order valence-corrected chi connectivity index (χ0v) is 12.5. The van der Waals surface area contributed by atoms with E-state index in [0.29, 0.717) is 0 Å². The lowest BCUT2D eigenvalue weighted by atomic mass is 9.86. The van der Waals surface area contributed by atoms with Gasteiger partial charge in [-0.15, -0.1) is 0 Å². The molecule has 0 amide bonds. The minimum absolute atomic E-state index is 0.250. The Morgan fingerprint density at radius 3 is 2.33 bits per heavy atom. The number of rotatable bonds is 8. The van der Waals surface area contributed by atoms with Gasteiger partial charge in [-0.05, 0) is 0 Å². The Labute approximate surface area is 136 Å². The maximum atomic E-state index is 12.0. The van der Waals surface area contributed by atoms with Crippen LogP contribution in [0.2, 0.25) is 0 Å². The Bertz CT molecular complexity index is 600. The normalized spacial score (nSPS) is 23.0. The fourth-order valence-corrected chi connectivity index (χ4v) is 2.40. The van der Waals surface area contributed by atoms with Crippen LogP contribution in [0.25, 0.3) is 0 Å². The van der Waals surface area contributed by atoms with Crippen molar-refractivity contribution in [3.63, 3.8) is 0 Å². The standard InChI is InChI=1S/C15H18O9/c16-6-10(18)8-22-13-12(24-21)14(20)23-15(13,11(19)7-17)9-4-2-1-3-5-9/h1-5,10-11,16-19,21H,6-8H2/t10?,11-,15+/m0/s1. The second-order valence-electron chi connectivity index (χ2n) is 5.09. The van der Waals surface area contributed by atoms with E-state index in [2.05, 4.69) is 4.89 Å². The molecule has 1 aromatic carbocycles. The minimum Gasteiger partial charge on any atom is -0.486 e. The molecule has 3 atom stereocenters. The second kappa shape index (κ2) is 7.60. The highest BCUT2D eigenvalue weighted by molar-refractivity contribution is 5.90. The third-order valence-corrected chi connectivity index (χ3v) is 3.55. The number of benzene rings is 1. The first-order valence-electron chi connectivity index (χ1n) is 7.06. The van der Waals surface area contributed by atoms with Crippen molar-refractivity contribution in [1.29, 1.82) is 0 Å². The monoisotopic (exact) mass is 342 g/mol. The molecular weight excluding hydrogens is 324 g/mol. The molecule has 1 aliphatic heterocycles. The molecule has 1 aromatic rings. The average molecular weight is 342 g/mol. The topological polar surface area (TPSA) is 146 Å². The third-order valence-electron chi connectivity index (χ3n) is 3.55. The van der Waals surface area contributed by atoms with Crippen LogP contribution >= 0.6 is 0 Å². The quantitative estimate of drug-likeness (QED) is 0.225. The van der Waals surface area contributed by atoms with Crippen LogP contribution in [0.15, 0.2) is 41.9 Å². The molecule has 1 heterocycles. The molecule has 0 aliphatic carbocycles. The van der Waals surface area contributed by atoms with Crippen LogP contribution in [0.1, 0.15) is 5.56 Å². The summed E-state index contributed by atoms with van der Waals surface area (Å²) < 4.78 is 10.5. The Morgan fingerprint density at radius 2 is 1.79 bits per heavy atom. The number of ether oxygens (including phenoxy) is 2. The number of hydrogen-bond donors (Lipinski definition) is 5.